The van der Waals surface area contributed by atoms with Gasteiger partial charge >= 0.3 is 0 Å². The highest BCUT2D eigenvalue weighted by atomic mass is 16.6. The highest BCUT2D eigenvalue weighted by Crippen LogP contribution is 2.53. The second kappa shape index (κ2) is 6.92. The first kappa shape index (κ1) is 17.7. The van der Waals surface area contributed by atoms with Gasteiger partial charge in [-0.1, -0.05) is 54.6 Å². The van der Waals surface area contributed by atoms with Gasteiger partial charge in [-0.25, -0.2) is 0 Å². The number of hydrogen-bond donors (Lipinski definition) is 1. The molecule has 0 fully saturated rings. The van der Waals surface area contributed by atoms with E-state index in [2.05, 4.69) is 47.8 Å². The minimum atomic E-state index is -0.312. The van der Waals surface area contributed by atoms with Gasteiger partial charge < -0.3 is 10.1 Å². The summed E-state index contributed by atoms with van der Waals surface area (Å²) in [6.45, 7) is 2.37. The van der Waals surface area contributed by atoms with Crippen LogP contribution < -0.4 is 10.1 Å². The molecule has 3 atom stereocenters. The molecule has 5 rings (SSSR count). The average Bonchev–Trinajstić information content (AvgIpc) is 3.23. The molecule has 3 aromatic carbocycles. The van der Waals surface area contributed by atoms with E-state index >= 15 is 0 Å². The maximum atomic E-state index is 11.9. The van der Waals surface area contributed by atoms with Crippen LogP contribution in [-0.4, -0.2) is 11.5 Å². The molecule has 3 aromatic rings. The van der Waals surface area contributed by atoms with E-state index in [0.717, 1.165) is 12.0 Å². The maximum Gasteiger partial charge on any atom is 0.296 e. The van der Waals surface area contributed by atoms with Crippen molar-refractivity contribution in [1.82, 2.24) is 0 Å². The lowest BCUT2D eigenvalue weighted by Gasteiger charge is -2.37. The summed E-state index contributed by atoms with van der Waals surface area (Å²) in [6, 6.07) is 18.1. The molecule has 5 nitrogen and oxygen atoms in total. The summed E-state index contributed by atoms with van der Waals surface area (Å²) < 4.78 is 5.62. The van der Waals surface area contributed by atoms with Gasteiger partial charge in [0.1, 0.15) is 11.4 Å². The second-order valence-electron chi connectivity index (χ2n) is 7.64. The third kappa shape index (κ3) is 2.85. The molecule has 2 aliphatic rings. The number of nitrogens with one attached hydrogen (secondary N) is 1. The Morgan fingerprint density at radius 2 is 1.97 bits per heavy atom. The number of rotatable bonds is 4. The SMILES string of the molecule is CCOc1cc2c(c([N+](=O)[O-])c1)N[C@H](c1cccc3ccccc13)[C@@H]1CC=C[C@@H]21. The maximum absolute atomic E-state index is 11.9. The molecule has 0 saturated carbocycles. The van der Waals surface area contributed by atoms with Gasteiger partial charge in [-0.15, -0.1) is 0 Å². The predicted molar refractivity (Wildman–Crippen MR) is 115 cm³/mol. The molecule has 0 amide bonds. The lowest BCUT2D eigenvalue weighted by atomic mass is 9.76. The Bertz CT molecular complexity index is 1130. The monoisotopic (exact) mass is 386 g/mol. The van der Waals surface area contributed by atoms with Crippen LogP contribution in [0.25, 0.3) is 10.8 Å². The number of benzene rings is 3. The molecule has 1 heterocycles. The van der Waals surface area contributed by atoms with Crippen molar-refractivity contribution in [2.75, 3.05) is 11.9 Å². The van der Waals surface area contributed by atoms with E-state index in [-0.39, 0.29) is 22.6 Å². The number of nitrogens with zero attached hydrogens (tertiary/aromatic N) is 1. The van der Waals surface area contributed by atoms with E-state index in [4.69, 9.17) is 4.74 Å². The van der Waals surface area contributed by atoms with Crippen molar-refractivity contribution >= 4 is 22.1 Å². The predicted octanol–water partition coefficient (Wildman–Crippen LogP) is 5.97. The fourth-order valence-electron chi connectivity index (χ4n) is 4.88. The van der Waals surface area contributed by atoms with E-state index in [1.165, 1.54) is 22.4 Å². The minimum Gasteiger partial charge on any atom is -0.494 e. The first-order chi connectivity index (χ1) is 14.2. The van der Waals surface area contributed by atoms with Gasteiger partial charge in [0.25, 0.3) is 5.69 Å². The summed E-state index contributed by atoms with van der Waals surface area (Å²) in [5.41, 5.74) is 2.84. The Labute approximate surface area is 169 Å². The van der Waals surface area contributed by atoms with Crippen LogP contribution in [0.4, 0.5) is 11.4 Å². The van der Waals surface area contributed by atoms with Crippen molar-refractivity contribution in [2.24, 2.45) is 5.92 Å². The van der Waals surface area contributed by atoms with Crippen LogP contribution in [0.5, 0.6) is 5.75 Å². The molecule has 0 radical (unpaired) electrons. The van der Waals surface area contributed by atoms with Crippen LogP contribution in [0.3, 0.4) is 0 Å². The fourth-order valence-corrected chi connectivity index (χ4v) is 4.88. The zero-order valence-corrected chi connectivity index (χ0v) is 16.2. The van der Waals surface area contributed by atoms with Crippen molar-refractivity contribution in [3.63, 3.8) is 0 Å². The van der Waals surface area contributed by atoms with Crippen molar-refractivity contribution in [2.45, 2.75) is 25.3 Å². The summed E-state index contributed by atoms with van der Waals surface area (Å²) >= 11 is 0. The summed E-state index contributed by atoms with van der Waals surface area (Å²) in [5, 5.41) is 17.8. The average molecular weight is 386 g/mol. The van der Waals surface area contributed by atoms with Gasteiger partial charge in [0.2, 0.25) is 0 Å². The highest BCUT2D eigenvalue weighted by Gasteiger charge is 2.41. The highest BCUT2D eigenvalue weighted by molar-refractivity contribution is 5.87. The Hall–Kier alpha value is -3.34. The van der Waals surface area contributed by atoms with Crippen molar-refractivity contribution < 1.29 is 9.66 Å². The third-order valence-electron chi connectivity index (χ3n) is 6.09. The Morgan fingerprint density at radius 1 is 1.14 bits per heavy atom. The molecule has 1 aliphatic heterocycles. The quantitative estimate of drug-likeness (QED) is 0.341. The van der Waals surface area contributed by atoms with Gasteiger partial charge in [0.15, 0.2) is 0 Å². The van der Waals surface area contributed by atoms with Crippen LogP contribution >= 0.6 is 0 Å². The molecule has 0 aromatic heterocycles. The standard InChI is InChI=1S/C24H22N2O3/c1-2-29-16-13-21-18-10-6-12-20(18)23(25-24(21)22(14-16)26(27)28)19-11-5-8-15-7-3-4-9-17(15)19/h3-11,13-14,18,20,23,25H,2,12H2,1H3/t18-,20-,23-/m1/s1. The number of allylic oxidation sites excluding steroid dienone is 2. The van der Waals surface area contributed by atoms with Gasteiger partial charge in [-0.3, -0.25) is 10.1 Å². The lowest BCUT2D eigenvalue weighted by Crippen LogP contribution is -2.29. The Morgan fingerprint density at radius 3 is 2.79 bits per heavy atom. The smallest absolute Gasteiger partial charge is 0.296 e. The Kier molecular flexibility index (Phi) is 4.23. The van der Waals surface area contributed by atoms with Crippen LogP contribution in [0.2, 0.25) is 0 Å². The molecular weight excluding hydrogens is 364 g/mol. The molecule has 0 spiro atoms. The molecule has 0 unspecified atom stereocenters. The summed E-state index contributed by atoms with van der Waals surface area (Å²) in [4.78, 5) is 11.6. The second-order valence-corrected chi connectivity index (χ2v) is 7.64. The van der Waals surface area contributed by atoms with Gasteiger partial charge in [-0.2, -0.15) is 0 Å². The normalized spacial score (nSPS) is 22.0. The van der Waals surface area contributed by atoms with E-state index in [9.17, 15) is 10.1 Å². The van der Waals surface area contributed by atoms with Gasteiger partial charge in [-0.05, 0) is 47.2 Å². The summed E-state index contributed by atoms with van der Waals surface area (Å²) in [6.07, 6.45) is 5.34. The molecule has 0 bridgehead atoms. The van der Waals surface area contributed by atoms with E-state index in [1.54, 1.807) is 0 Å². The number of hydrogen-bond acceptors (Lipinski definition) is 4. The summed E-state index contributed by atoms with van der Waals surface area (Å²) in [5.74, 6) is 1.00. The van der Waals surface area contributed by atoms with Crippen molar-refractivity contribution in [1.29, 1.82) is 0 Å². The number of ether oxygens (including phenoxy) is 1. The molecular formula is C24H22N2O3. The first-order valence-electron chi connectivity index (χ1n) is 10.0. The lowest BCUT2D eigenvalue weighted by molar-refractivity contribution is -0.384. The number of anilines is 1. The zero-order valence-electron chi connectivity index (χ0n) is 16.2. The minimum absolute atomic E-state index is 0.00486. The molecule has 0 saturated heterocycles. The third-order valence-corrected chi connectivity index (χ3v) is 6.09. The van der Waals surface area contributed by atoms with Crippen molar-refractivity contribution in [3.05, 3.63) is 88.0 Å². The summed E-state index contributed by atoms with van der Waals surface area (Å²) in [7, 11) is 0. The van der Waals surface area contributed by atoms with E-state index in [0.29, 0.717) is 24.0 Å². The van der Waals surface area contributed by atoms with Gasteiger partial charge in [0, 0.05) is 5.92 Å². The first-order valence-corrected chi connectivity index (χ1v) is 10.0. The molecule has 146 valence electrons. The van der Waals surface area contributed by atoms with Gasteiger partial charge in [0.05, 0.1) is 23.6 Å². The van der Waals surface area contributed by atoms with E-state index in [1.807, 2.05) is 25.1 Å². The number of nitro groups is 1. The number of nitro benzene ring substituents is 1. The van der Waals surface area contributed by atoms with Crippen LogP contribution in [0.1, 0.15) is 36.4 Å². The largest absolute Gasteiger partial charge is 0.494 e. The molecule has 1 aliphatic carbocycles. The number of fused-ring (bicyclic) bond motifs is 4. The Balaban J connectivity index is 1.69. The van der Waals surface area contributed by atoms with Crippen molar-refractivity contribution in [3.8, 4) is 5.75 Å². The van der Waals surface area contributed by atoms with Crippen LogP contribution in [-0.2, 0) is 0 Å². The molecule has 29 heavy (non-hydrogen) atoms. The van der Waals surface area contributed by atoms with E-state index < -0.39 is 0 Å². The zero-order chi connectivity index (χ0) is 20.0. The molecule has 5 heteroatoms. The topological polar surface area (TPSA) is 64.4 Å². The van der Waals surface area contributed by atoms with Crippen LogP contribution in [0, 0.1) is 16.0 Å². The molecule has 1 N–H and O–H groups in total. The fraction of sp³-hybridized carbons (Fsp3) is 0.250. The van der Waals surface area contributed by atoms with Crippen LogP contribution in [0.15, 0.2) is 66.7 Å².